The molecule has 1 aliphatic rings. The zero-order valence-corrected chi connectivity index (χ0v) is 17.8. The van der Waals surface area contributed by atoms with Crippen LogP contribution in [0.1, 0.15) is 22.7 Å². The highest BCUT2D eigenvalue weighted by molar-refractivity contribution is 5.94. The van der Waals surface area contributed by atoms with Crippen molar-refractivity contribution in [3.63, 3.8) is 0 Å². The van der Waals surface area contributed by atoms with Crippen molar-refractivity contribution in [1.29, 1.82) is 0 Å². The van der Waals surface area contributed by atoms with Gasteiger partial charge >= 0.3 is 0 Å². The van der Waals surface area contributed by atoms with Gasteiger partial charge in [-0.1, -0.05) is 5.16 Å². The van der Waals surface area contributed by atoms with E-state index in [0.29, 0.717) is 13.1 Å². The van der Waals surface area contributed by atoms with Gasteiger partial charge in [-0.3, -0.25) is 14.2 Å². The molecule has 1 fully saturated rings. The minimum absolute atomic E-state index is 0.0121. The maximum Gasteiger partial charge on any atom is 0.246 e. The molecule has 1 aliphatic heterocycles. The van der Waals surface area contributed by atoms with Gasteiger partial charge in [0, 0.05) is 56.8 Å². The fourth-order valence-electron chi connectivity index (χ4n) is 3.49. The molecule has 2 aromatic heterocycles. The molecule has 0 atom stereocenters. The van der Waals surface area contributed by atoms with Crippen LogP contribution in [0.15, 0.2) is 22.7 Å². The van der Waals surface area contributed by atoms with Gasteiger partial charge in [0.15, 0.2) is 5.82 Å². The summed E-state index contributed by atoms with van der Waals surface area (Å²) in [6.07, 6.45) is 3.29. The molecule has 0 N–H and O–H groups in total. The fourth-order valence-corrected chi connectivity index (χ4v) is 3.49. The lowest BCUT2D eigenvalue weighted by molar-refractivity contribution is -0.138. The number of rotatable bonds is 5. The van der Waals surface area contributed by atoms with E-state index in [1.165, 1.54) is 11.0 Å². The fraction of sp³-hybridized carbons (Fsp3) is 0.476. The summed E-state index contributed by atoms with van der Waals surface area (Å²) in [5, 5.41) is 4.07. The molecule has 8 nitrogen and oxygen atoms in total. The van der Waals surface area contributed by atoms with Crippen molar-refractivity contribution in [1.82, 2.24) is 24.4 Å². The molecule has 3 rings (SSSR count). The van der Waals surface area contributed by atoms with Gasteiger partial charge in [-0.25, -0.2) is 0 Å². The number of aryl methyl sites for hydroxylation is 2. The molecule has 156 valence electrons. The van der Waals surface area contributed by atoms with Crippen molar-refractivity contribution in [2.45, 2.75) is 20.8 Å². The summed E-state index contributed by atoms with van der Waals surface area (Å²) in [7, 11) is 3.70. The number of piperazine rings is 1. The molecule has 2 amide bonds. The number of hydrogen-bond donors (Lipinski definition) is 0. The molecule has 0 unspecified atom stereocenters. The highest BCUT2D eigenvalue weighted by Gasteiger charge is 2.21. The molecule has 2 aromatic rings. The molecule has 1 saturated heterocycles. The van der Waals surface area contributed by atoms with Gasteiger partial charge in [-0.05, 0) is 45.5 Å². The zero-order valence-electron chi connectivity index (χ0n) is 17.8. The smallest absolute Gasteiger partial charge is 0.246 e. The van der Waals surface area contributed by atoms with Gasteiger partial charge in [0.1, 0.15) is 5.76 Å². The van der Waals surface area contributed by atoms with Gasteiger partial charge in [-0.2, -0.15) is 0 Å². The predicted octanol–water partition coefficient (Wildman–Crippen LogP) is 1.64. The Kier molecular flexibility index (Phi) is 6.22. The highest BCUT2D eigenvalue weighted by atomic mass is 16.5. The van der Waals surface area contributed by atoms with Gasteiger partial charge in [0.05, 0.1) is 6.54 Å². The van der Waals surface area contributed by atoms with Crippen molar-refractivity contribution < 1.29 is 14.1 Å². The van der Waals surface area contributed by atoms with Crippen molar-refractivity contribution >= 4 is 17.9 Å². The Labute approximate surface area is 171 Å². The first kappa shape index (κ1) is 20.9. The number of carbonyl (C=O) groups is 2. The highest BCUT2D eigenvalue weighted by Crippen LogP contribution is 2.21. The monoisotopic (exact) mass is 399 g/mol. The number of likely N-dealkylation sites (N-methyl/N-ethyl adjacent to an activating group) is 2. The third-order valence-corrected chi connectivity index (χ3v) is 5.33. The third kappa shape index (κ3) is 4.76. The summed E-state index contributed by atoms with van der Waals surface area (Å²) in [5.41, 5.74) is 2.90. The van der Waals surface area contributed by atoms with E-state index in [4.69, 9.17) is 4.52 Å². The van der Waals surface area contributed by atoms with Crippen LogP contribution in [0.4, 0.5) is 0 Å². The standard InChI is InChI=1S/C21H29N5O3/c1-15-12-18(17(3)26(15)19-13-16(2)29-22-19)6-7-20(27)24(5)14-21(28)25-10-8-23(4)9-11-25/h6-7,12-13H,8-11,14H2,1-5H3/b7-6+. The topological polar surface area (TPSA) is 74.8 Å². The molecule has 8 heteroatoms. The largest absolute Gasteiger partial charge is 0.360 e. The minimum Gasteiger partial charge on any atom is -0.360 e. The Morgan fingerprint density at radius 1 is 1.17 bits per heavy atom. The van der Waals surface area contributed by atoms with Gasteiger partial charge in [0.2, 0.25) is 11.8 Å². The van der Waals surface area contributed by atoms with Crippen LogP contribution < -0.4 is 0 Å². The summed E-state index contributed by atoms with van der Waals surface area (Å²) in [6.45, 7) is 9.04. The summed E-state index contributed by atoms with van der Waals surface area (Å²) in [5.74, 6) is 1.25. The summed E-state index contributed by atoms with van der Waals surface area (Å²) in [4.78, 5) is 30.4. The van der Waals surface area contributed by atoms with Crippen molar-refractivity contribution in [2.75, 3.05) is 46.8 Å². The lowest BCUT2D eigenvalue weighted by atomic mass is 10.2. The SMILES string of the molecule is Cc1cc(-n2c(C)cc(/C=C/C(=O)N(C)CC(=O)N3CCN(C)CC3)c2C)no1. The van der Waals surface area contributed by atoms with E-state index in [9.17, 15) is 9.59 Å². The Morgan fingerprint density at radius 3 is 2.48 bits per heavy atom. The number of nitrogens with zero attached hydrogens (tertiary/aromatic N) is 5. The van der Waals surface area contributed by atoms with E-state index in [0.717, 1.165) is 41.6 Å². The Hall–Kier alpha value is -2.87. The molecule has 0 radical (unpaired) electrons. The first-order valence-corrected chi connectivity index (χ1v) is 9.78. The zero-order chi connectivity index (χ0) is 21.1. The molecule has 0 aromatic carbocycles. The van der Waals surface area contributed by atoms with E-state index in [2.05, 4.69) is 10.1 Å². The summed E-state index contributed by atoms with van der Waals surface area (Å²) < 4.78 is 7.16. The lowest BCUT2D eigenvalue weighted by Gasteiger charge is -2.33. The van der Waals surface area contributed by atoms with Gasteiger partial charge in [-0.15, -0.1) is 0 Å². The molecule has 0 saturated carbocycles. The molecular weight excluding hydrogens is 370 g/mol. The van der Waals surface area contributed by atoms with Crippen molar-refractivity contribution in [3.05, 3.63) is 40.9 Å². The van der Waals surface area contributed by atoms with Gasteiger partial charge < -0.3 is 19.2 Å². The molecule has 0 spiro atoms. The van der Waals surface area contributed by atoms with Crippen LogP contribution in [0.3, 0.4) is 0 Å². The second kappa shape index (κ2) is 8.65. The molecule has 29 heavy (non-hydrogen) atoms. The van der Waals surface area contributed by atoms with Crippen LogP contribution in [0.5, 0.6) is 0 Å². The van der Waals surface area contributed by atoms with E-state index in [-0.39, 0.29) is 18.4 Å². The Bertz CT molecular complexity index is 919. The van der Waals surface area contributed by atoms with Crippen LogP contribution in [0.2, 0.25) is 0 Å². The Balaban J connectivity index is 1.63. The number of carbonyl (C=O) groups excluding carboxylic acids is 2. The second-order valence-electron chi connectivity index (χ2n) is 7.67. The molecular formula is C21H29N5O3. The molecule has 3 heterocycles. The van der Waals surface area contributed by atoms with Crippen LogP contribution in [-0.4, -0.2) is 83.1 Å². The van der Waals surface area contributed by atoms with E-state index in [1.54, 1.807) is 13.1 Å². The summed E-state index contributed by atoms with van der Waals surface area (Å²) in [6, 6.07) is 3.87. The van der Waals surface area contributed by atoms with Crippen LogP contribution >= 0.6 is 0 Å². The maximum absolute atomic E-state index is 12.5. The second-order valence-corrected chi connectivity index (χ2v) is 7.67. The number of hydrogen-bond acceptors (Lipinski definition) is 5. The average Bonchev–Trinajstić information content (AvgIpc) is 3.22. The molecule has 0 aliphatic carbocycles. The lowest BCUT2D eigenvalue weighted by Crippen LogP contribution is -2.50. The summed E-state index contributed by atoms with van der Waals surface area (Å²) >= 11 is 0. The quantitative estimate of drug-likeness (QED) is 0.715. The maximum atomic E-state index is 12.5. The first-order valence-electron chi connectivity index (χ1n) is 9.78. The Morgan fingerprint density at radius 2 is 1.86 bits per heavy atom. The number of aromatic nitrogens is 2. The van der Waals surface area contributed by atoms with Crippen LogP contribution in [0, 0.1) is 20.8 Å². The molecule has 0 bridgehead atoms. The van der Waals surface area contributed by atoms with Crippen LogP contribution in [-0.2, 0) is 9.59 Å². The third-order valence-electron chi connectivity index (χ3n) is 5.33. The van der Waals surface area contributed by atoms with E-state index in [1.807, 2.05) is 49.4 Å². The number of amides is 2. The predicted molar refractivity (Wildman–Crippen MR) is 111 cm³/mol. The van der Waals surface area contributed by atoms with Gasteiger partial charge in [0.25, 0.3) is 0 Å². The van der Waals surface area contributed by atoms with E-state index < -0.39 is 0 Å². The normalized spacial score (nSPS) is 15.3. The van der Waals surface area contributed by atoms with Crippen molar-refractivity contribution in [2.24, 2.45) is 0 Å². The average molecular weight is 399 g/mol. The van der Waals surface area contributed by atoms with Crippen LogP contribution in [0.25, 0.3) is 11.9 Å². The minimum atomic E-state index is -0.199. The van der Waals surface area contributed by atoms with Crippen molar-refractivity contribution in [3.8, 4) is 5.82 Å². The van der Waals surface area contributed by atoms with E-state index >= 15 is 0 Å². The first-order chi connectivity index (χ1) is 13.8.